The molecule has 0 bridgehead atoms. The Morgan fingerprint density at radius 2 is 1.80 bits per heavy atom. The molecule has 20 heavy (non-hydrogen) atoms. The lowest BCUT2D eigenvalue weighted by Crippen LogP contribution is -2.30. The van der Waals surface area contributed by atoms with Crippen LogP contribution in [0.1, 0.15) is 53.7 Å². The van der Waals surface area contributed by atoms with Gasteiger partial charge < -0.3 is 0 Å². The molecule has 1 aliphatic carbocycles. The van der Waals surface area contributed by atoms with Crippen molar-refractivity contribution >= 4 is 0 Å². The fourth-order valence-corrected chi connectivity index (χ4v) is 2.57. The van der Waals surface area contributed by atoms with Gasteiger partial charge in [-0.05, 0) is 42.4 Å². The monoisotopic (exact) mass is 268 g/mol. The van der Waals surface area contributed by atoms with E-state index < -0.39 is 0 Å². The Labute approximate surface area is 119 Å². The van der Waals surface area contributed by atoms with Crippen molar-refractivity contribution in [2.45, 2.75) is 38.1 Å². The van der Waals surface area contributed by atoms with Crippen LogP contribution in [0.15, 0.2) is 36.7 Å². The Hall–Kier alpha value is -1.78. The van der Waals surface area contributed by atoms with Gasteiger partial charge in [0.2, 0.25) is 0 Å². The number of aryl methyl sites for hydroxylation is 1. The van der Waals surface area contributed by atoms with Gasteiger partial charge in [0, 0.05) is 12.4 Å². The van der Waals surface area contributed by atoms with Crippen molar-refractivity contribution in [3.05, 3.63) is 59.2 Å². The van der Waals surface area contributed by atoms with E-state index >= 15 is 0 Å². The first-order valence-electron chi connectivity index (χ1n) is 7.12. The standard InChI is InChI=1S/C16H20N4/c1-11-9-18-16(19-10-11)15(20-17)14-7-5-13(6-8-14)12-3-2-4-12/h5-10,12,15,20H,2-4,17H2,1H3. The predicted molar refractivity (Wildman–Crippen MR) is 79.0 cm³/mol. The molecule has 1 heterocycles. The van der Waals surface area contributed by atoms with Gasteiger partial charge in [-0.2, -0.15) is 0 Å². The maximum atomic E-state index is 5.68. The summed E-state index contributed by atoms with van der Waals surface area (Å²) in [6.45, 7) is 1.97. The Bertz CT molecular complexity index is 558. The van der Waals surface area contributed by atoms with Gasteiger partial charge in [0.15, 0.2) is 5.82 Å². The van der Waals surface area contributed by atoms with Gasteiger partial charge in [-0.25, -0.2) is 15.4 Å². The number of nitrogens with zero attached hydrogens (tertiary/aromatic N) is 2. The van der Waals surface area contributed by atoms with Crippen LogP contribution in [0.5, 0.6) is 0 Å². The highest BCUT2D eigenvalue weighted by Gasteiger charge is 2.20. The van der Waals surface area contributed by atoms with Crippen LogP contribution in [0.2, 0.25) is 0 Å². The first kappa shape index (κ1) is 13.2. The summed E-state index contributed by atoms with van der Waals surface area (Å²) in [5.41, 5.74) is 6.38. The zero-order valence-electron chi connectivity index (χ0n) is 11.7. The summed E-state index contributed by atoms with van der Waals surface area (Å²) in [7, 11) is 0. The summed E-state index contributed by atoms with van der Waals surface area (Å²) in [5.74, 6) is 7.14. The number of hydrogen-bond donors (Lipinski definition) is 2. The number of nitrogens with two attached hydrogens (primary N) is 1. The van der Waals surface area contributed by atoms with E-state index in [0.29, 0.717) is 5.82 Å². The third-order valence-electron chi connectivity index (χ3n) is 4.07. The van der Waals surface area contributed by atoms with Gasteiger partial charge >= 0.3 is 0 Å². The number of hydrazine groups is 1. The molecule has 104 valence electrons. The average Bonchev–Trinajstić information content (AvgIpc) is 2.42. The number of hydrogen-bond acceptors (Lipinski definition) is 4. The number of nitrogens with one attached hydrogen (secondary N) is 1. The summed E-state index contributed by atoms with van der Waals surface area (Å²) in [4.78, 5) is 8.71. The van der Waals surface area contributed by atoms with E-state index in [2.05, 4.69) is 39.7 Å². The minimum atomic E-state index is -0.161. The molecule has 1 aliphatic rings. The second-order valence-corrected chi connectivity index (χ2v) is 5.51. The van der Waals surface area contributed by atoms with E-state index in [0.717, 1.165) is 17.0 Å². The van der Waals surface area contributed by atoms with Crippen LogP contribution in [0.4, 0.5) is 0 Å². The van der Waals surface area contributed by atoms with Crippen LogP contribution >= 0.6 is 0 Å². The molecule has 4 heteroatoms. The van der Waals surface area contributed by atoms with Crippen LogP contribution in [0.3, 0.4) is 0 Å². The smallest absolute Gasteiger partial charge is 0.150 e. The minimum absolute atomic E-state index is 0.161. The lowest BCUT2D eigenvalue weighted by Gasteiger charge is -2.26. The molecule has 4 nitrogen and oxygen atoms in total. The highest BCUT2D eigenvalue weighted by molar-refractivity contribution is 5.31. The fourth-order valence-electron chi connectivity index (χ4n) is 2.57. The zero-order chi connectivity index (χ0) is 13.9. The van der Waals surface area contributed by atoms with E-state index in [4.69, 9.17) is 5.84 Å². The van der Waals surface area contributed by atoms with Crippen molar-refractivity contribution in [2.24, 2.45) is 5.84 Å². The number of rotatable bonds is 4. The summed E-state index contributed by atoms with van der Waals surface area (Å²) in [6, 6.07) is 8.50. The second-order valence-electron chi connectivity index (χ2n) is 5.51. The topological polar surface area (TPSA) is 63.8 Å². The second kappa shape index (κ2) is 5.69. The quantitative estimate of drug-likeness (QED) is 0.661. The van der Waals surface area contributed by atoms with Gasteiger partial charge in [0.05, 0.1) is 0 Å². The number of aromatic nitrogens is 2. The maximum Gasteiger partial charge on any atom is 0.150 e. The van der Waals surface area contributed by atoms with Gasteiger partial charge in [0.25, 0.3) is 0 Å². The molecule has 2 aromatic rings. The summed E-state index contributed by atoms with van der Waals surface area (Å²) >= 11 is 0. The molecule has 0 aliphatic heterocycles. The molecule has 0 amide bonds. The van der Waals surface area contributed by atoms with Crippen LogP contribution in [0.25, 0.3) is 0 Å². The predicted octanol–water partition coefficient (Wildman–Crippen LogP) is 2.61. The molecule has 0 saturated heterocycles. The maximum absolute atomic E-state index is 5.68. The fraction of sp³-hybridized carbons (Fsp3) is 0.375. The first-order chi connectivity index (χ1) is 9.78. The van der Waals surface area contributed by atoms with Crippen molar-refractivity contribution in [1.29, 1.82) is 0 Å². The third kappa shape index (κ3) is 2.57. The Morgan fingerprint density at radius 3 is 2.30 bits per heavy atom. The van der Waals surface area contributed by atoms with E-state index in [1.54, 1.807) is 0 Å². The van der Waals surface area contributed by atoms with Gasteiger partial charge in [-0.3, -0.25) is 5.84 Å². The molecule has 1 unspecified atom stereocenters. The van der Waals surface area contributed by atoms with Crippen molar-refractivity contribution in [2.75, 3.05) is 0 Å². The van der Waals surface area contributed by atoms with Gasteiger partial charge in [-0.1, -0.05) is 30.7 Å². The minimum Gasteiger partial charge on any atom is -0.270 e. The van der Waals surface area contributed by atoms with E-state index in [-0.39, 0.29) is 6.04 Å². The SMILES string of the molecule is Cc1cnc(C(NN)c2ccc(C3CCC3)cc2)nc1. The zero-order valence-corrected chi connectivity index (χ0v) is 11.7. The molecule has 0 radical (unpaired) electrons. The lowest BCUT2D eigenvalue weighted by atomic mass is 9.80. The van der Waals surface area contributed by atoms with E-state index in [9.17, 15) is 0 Å². The van der Waals surface area contributed by atoms with Crippen LogP contribution in [-0.2, 0) is 0 Å². The molecule has 3 N–H and O–H groups in total. The Morgan fingerprint density at radius 1 is 1.15 bits per heavy atom. The highest BCUT2D eigenvalue weighted by Crippen LogP contribution is 2.36. The summed E-state index contributed by atoms with van der Waals surface area (Å²) in [5, 5.41) is 0. The van der Waals surface area contributed by atoms with Crippen LogP contribution in [-0.4, -0.2) is 9.97 Å². The molecule has 1 aromatic carbocycles. The summed E-state index contributed by atoms with van der Waals surface area (Å²) in [6.07, 6.45) is 7.62. The highest BCUT2D eigenvalue weighted by atomic mass is 15.2. The largest absolute Gasteiger partial charge is 0.270 e. The first-order valence-corrected chi connectivity index (χ1v) is 7.12. The number of benzene rings is 1. The van der Waals surface area contributed by atoms with E-state index in [1.165, 1.54) is 24.8 Å². The molecule has 1 fully saturated rings. The van der Waals surface area contributed by atoms with Gasteiger partial charge in [0.1, 0.15) is 6.04 Å². The van der Waals surface area contributed by atoms with Crippen molar-refractivity contribution in [1.82, 2.24) is 15.4 Å². The molecular weight excluding hydrogens is 248 g/mol. The third-order valence-corrected chi connectivity index (χ3v) is 4.07. The molecule has 0 spiro atoms. The normalized spacial score (nSPS) is 16.7. The van der Waals surface area contributed by atoms with Crippen molar-refractivity contribution in [3.63, 3.8) is 0 Å². The summed E-state index contributed by atoms with van der Waals surface area (Å²) < 4.78 is 0. The molecule has 1 atom stereocenters. The lowest BCUT2D eigenvalue weighted by molar-refractivity contribution is 0.419. The van der Waals surface area contributed by atoms with Crippen molar-refractivity contribution in [3.8, 4) is 0 Å². The molecular formula is C16H20N4. The Kier molecular flexibility index (Phi) is 3.76. The molecule has 3 rings (SSSR count). The van der Waals surface area contributed by atoms with Crippen LogP contribution < -0.4 is 11.3 Å². The van der Waals surface area contributed by atoms with Crippen molar-refractivity contribution < 1.29 is 0 Å². The average molecular weight is 268 g/mol. The van der Waals surface area contributed by atoms with Crippen LogP contribution in [0, 0.1) is 6.92 Å². The Balaban J connectivity index is 1.83. The van der Waals surface area contributed by atoms with Gasteiger partial charge in [-0.15, -0.1) is 0 Å². The molecule has 1 saturated carbocycles. The molecule has 1 aromatic heterocycles. The van der Waals surface area contributed by atoms with E-state index in [1.807, 2.05) is 19.3 Å².